The molecule has 0 aromatic heterocycles. The van der Waals surface area contributed by atoms with E-state index >= 15 is 0 Å². The zero-order chi connectivity index (χ0) is 21.6. The van der Waals surface area contributed by atoms with Crippen molar-refractivity contribution in [1.29, 1.82) is 0 Å². The number of nitrogens with zero attached hydrogens (tertiary/aromatic N) is 2. The summed E-state index contributed by atoms with van der Waals surface area (Å²) in [5.74, 6) is 0.291. The van der Waals surface area contributed by atoms with Crippen molar-refractivity contribution in [3.63, 3.8) is 0 Å². The molecule has 0 radical (unpaired) electrons. The average molecular weight is 412 g/mol. The van der Waals surface area contributed by atoms with Gasteiger partial charge in [0, 0.05) is 19.6 Å². The maximum Gasteiger partial charge on any atom is 0.320 e. The van der Waals surface area contributed by atoms with Crippen molar-refractivity contribution < 1.29 is 9.59 Å². The van der Waals surface area contributed by atoms with Gasteiger partial charge in [-0.25, -0.2) is 4.79 Å². The molecule has 0 atom stereocenters. The molecule has 1 spiro atoms. The van der Waals surface area contributed by atoms with E-state index in [1.165, 1.54) is 24.8 Å². The fourth-order valence-corrected chi connectivity index (χ4v) is 5.59. The molecule has 4 rings (SSSR count). The highest BCUT2D eigenvalue weighted by Crippen LogP contribution is 2.48. The second-order valence-electron chi connectivity index (χ2n) is 10.9. The lowest BCUT2D eigenvalue weighted by molar-refractivity contribution is -0.126. The molecule has 1 aromatic rings. The Morgan fingerprint density at radius 2 is 1.77 bits per heavy atom. The molecule has 5 nitrogen and oxygen atoms in total. The zero-order valence-corrected chi connectivity index (χ0v) is 18.8. The molecule has 3 aliphatic rings. The van der Waals surface area contributed by atoms with E-state index < -0.39 is 5.41 Å². The molecule has 0 bridgehead atoms. The van der Waals surface area contributed by atoms with E-state index in [-0.39, 0.29) is 22.9 Å². The number of urea groups is 1. The highest BCUT2D eigenvalue weighted by Gasteiger charge is 2.54. The van der Waals surface area contributed by atoms with Gasteiger partial charge in [0.15, 0.2) is 0 Å². The summed E-state index contributed by atoms with van der Waals surface area (Å²) >= 11 is 0. The van der Waals surface area contributed by atoms with Crippen LogP contribution in [-0.4, -0.2) is 46.9 Å². The van der Waals surface area contributed by atoms with Crippen LogP contribution in [0.5, 0.6) is 0 Å². The van der Waals surface area contributed by atoms with Crippen LogP contribution in [0.2, 0.25) is 0 Å². The number of hydrogen-bond acceptors (Lipinski definition) is 2. The predicted molar refractivity (Wildman–Crippen MR) is 119 cm³/mol. The van der Waals surface area contributed by atoms with Crippen LogP contribution in [0.15, 0.2) is 30.3 Å². The SMILES string of the molecule is CC(C)(CN1C[C@]2(CC[C@@](C)(c3ccccc3)CC2)N(CC2CCC2)C1=O)C(N)=O. The van der Waals surface area contributed by atoms with E-state index in [1.807, 2.05) is 18.7 Å². The molecule has 5 heteroatoms. The largest absolute Gasteiger partial charge is 0.369 e. The van der Waals surface area contributed by atoms with Crippen LogP contribution < -0.4 is 5.73 Å². The molecule has 2 N–H and O–H groups in total. The van der Waals surface area contributed by atoms with Crippen molar-refractivity contribution >= 4 is 11.9 Å². The summed E-state index contributed by atoms with van der Waals surface area (Å²) in [5.41, 5.74) is 6.37. The minimum atomic E-state index is -0.712. The van der Waals surface area contributed by atoms with Crippen molar-refractivity contribution in [2.24, 2.45) is 17.1 Å². The quantitative estimate of drug-likeness (QED) is 0.758. The first-order valence-electron chi connectivity index (χ1n) is 11.6. The van der Waals surface area contributed by atoms with Crippen molar-refractivity contribution in [3.8, 4) is 0 Å². The number of benzene rings is 1. The van der Waals surface area contributed by atoms with Gasteiger partial charge >= 0.3 is 6.03 Å². The first-order chi connectivity index (χ1) is 14.2. The van der Waals surface area contributed by atoms with Gasteiger partial charge in [-0.15, -0.1) is 0 Å². The third-order valence-electron chi connectivity index (χ3n) is 8.23. The van der Waals surface area contributed by atoms with Gasteiger partial charge in [-0.3, -0.25) is 4.79 Å². The van der Waals surface area contributed by atoms with Crippen LogP contribution in [0.4, 0.5) is 4.79 Å². The third-order valence-corrected chi connectivity index (χ3v) is 8.23. The molecule has 1 saturated heterocycles. The predicted octanol–water partition coefficient (Wildman–Crippen LogP) is 4.31. The molecular formula is C25H37N3O2. The zero-order valence-electron chi connectivity index (χ0n) is 18.8. The van der Waals surface area contributed by atoms with Gasteiger partial charge in [0.25, 0.3) is 0 Å². The number of hydrogen-bond donors (Lipinski definition) is 1. The second kappa shape index (κ2) is 7.58. The summed E-state index contributed by atoms with van der Waals surface area (Å²) in [6.07, 6.45) is 7.94. The van der Waals surface area contributed by atoms with Crippen molar-refractivity contribution in [2.45, 2.75) is 76.7 Å². The summed E-state index contributed by atoms with van der Waals surface area (Å²) < 4.78 is 0. The van der Waals surface area contributed by atoms with Crippen LogP contribution >= 0.6 is 0 Å². The van der Waals surface area contributed by atoms with E-state index in [0.29, 0.717) is 12.5 Å². The van der Waals surface area contributed by atoms with Crippen molar-refractivity contribution in [2.75, 3.05) is 19.6 Å². The van der Waals surface area contributed by atoms with E-state index in [1.54, 1.807) is 0 Å². The molecule has 1 heterocycles. The Morgan fingerprint density at radius 3 is 2.30 bits per heavy atom. The van der Waals surface area contributed by atoms with Crippen LogP contribution in [0, 0.1) is 11.3 Å². The summed E-state index contributed by atoms with van der Waals surface area (Å²) in [6, 6.07) is 10.9. The highest BCUT2D eigenvalue weighted by atomic mass is 16.2. The molecule has 1 aromatic carbocycles. The third kappa shape index (κ3) is 3.72. The molecule has 30 heavy (non-hydrogen) atoms. The number of nitrogens with two attached hydrogens (primary N) is 1. The van der Waals surface area contributed by atoms with Crippen LogP contribution in [0.3, 0.4) is 0 Å². The monoisotopic (exact) mass is 411 g/mol. The molecule has 1 aliphatic heterocycles. The number of carbonyl (C=O) groups is 2. The summed E-state index contributed by atoms with van der Waals surface area (Å²) in [4.78, 5) is 29.5. The molecule has 2 aliphatic carbocycles. The molecule has 164 valence electrons. The van der Waals surface area contributed by atoms with Crippen LogP contribution in [0.25, 0.3) is 0 Å². The van der Waals surface area contributed by atoms with E-state index in [0.717, 1.165) is 38.8 Å². The van der Waals surface area contributed by atoms with Gasteiger partial charge in [0.1, 0.15) is 0 Å². The van der Waals surface area contributed by atoms with Crippen molar-refractivity contribution in [1.82, 2.24) is 9.80 Å². The van der Waals surface area contributed by atoms with E-state index in [2.05, 4.69) is 42.2 Å². The number of amides is 3. The lowest BCUT2D eigenvalue weighted by Crippen LogP contribution is -2.53. The highest BCUT2D eigenvalue weighted by molar-refractivity contribution is 5.83. The Labute approximate surface area is 181 Å². The summed E-state index contributed by atoms with van der Waals surface area (Å²) in [6.45, 7) is 8.05. The summed E-state index contributed by atoms with van der Waals surface area (Å²) in [5, 5.41) is 0. The first-order valence-corrected chi connectivity index (χ1v) is 11.6. The molecular weight excluding hydrogens is 374 g/mol. The Bertz CT molecular complexity index is 792. The molecule has 3 amide bonds. The Balaban J connectivity index is 1.55. The second-order valence-corrected chi connectivity index (χ2v) is 10.9. The van der Waals surface area contributed by atoms with Gasteiger partial charge in [-0.2, -0.15) is 0 Å². The van der Waals surface area contributed by atoms with Crippen LogP contribution in [0.1, 0.15) is 71.3 Å². The standard InChI is InChI=1S/C25H37N3O2/c1-23(2,21(26)29)17-27-18-25(28(22(27)30)16-19-8-7-9-19)14-12-24(3,13-15-25)20-10-5-4-6-11-20/h4-6,10-11,19H,7-9,12-18H2,1-3H3,(H2,26,29)/t24-,25-. The first kappa shape index (κ1) is 21.2. The average Bonchev–Trinajstić information content (AvgIpc) is 2.92. The Kier molecular flexibility index (Phi) is 5.36. The van der Waals surface area contributed by atoms with Crippen molar-refractivity contribution in [3.05, 3.63) is 35.9 Å². The van der Waals surface area contributed by atoms with E-state index in [4.69, 9.17) is 5.73 Å². The maximum atomic E-state index is 13.5. The topological polar surface area (TPSA) is 66.6 Å². The number of carbonyl (C=O) groups excluding carboxylic acids is 2. The van der Waals surface area contributed by atoms with E-state index in [9.17, 15) is 9.59 Å². The Morgan fingerprint density at radius 1 is 1.13 bits per heavy atom. The fraction of sp³-hybridized carbons (Fsp3) is 0.680. The minimum Gasteiger partial charge on any atom is -0.369 e. The molecule has 3 fully saturated rings. The normalized spacial score (nSPS) is 30.0. The molecule has 2 saturated carbocycles. The summed E-state index contributed by atoms with van der Waals surface area (Å²) in [7, 11) is 0. The number of rotatable bonds is 6. The molecule has 0 unspecified atom stereocenters. The maximum absolute atomic E-state index is 13.5. The van der Waals surface area contributed by atoms with Gasteiger partial charge in [0.05, 0.1) is 11.0 Å². The van der Waals surface area contributed by atoms with Gasteiger partial charge in [-0.1, -0.05) is 43.7 Å². The fourth-order valence-electron chi connectivity index (χ4n) is 5.59. The minimum absolute atomic E-state index is 0.102. The van der Waals surface area contributed by atoms with Gasteiger partial charge in [-0.05, 0) is 69.3 Å². The smallest absolute Gasteiger partial charge is 0.320 e. The van der Waals surface area contributed by atoms with Crippen LogP contribution in [-0.2, 0) is 10.2 Å². The lowest BCUT2D eigenvalue weighted by Gasteiger charge is -2.48. The number of primary amides is 1. The van der Waals surface area contributed by atoms with Gasteiger partial charge in [0.2, 0.25) is 5.91 Å². The van der Waals surface area contributed by atoms with Gasteiger partial charge < -0.3 is 15.5 Å². The Hall–Kier alpha value is -2.04. The lowest BCUT2D eigenvalue weighted by atomic mass is 9.65.